The summed E-state index contributed by atoms with van der Waals surface area (Å²) in [6.45, 7) is 0. The van der Waals surface area contributed by atoms with Crippen molar-refractivity contribution in [1.29, 1.82) is 0 Å². The van der Waals surface area contributed by atoms with Gasteiger partial charge in [0.05, 0.1) is 0 Å². The minimum Gasteiger partial charge on any atom is -0.313 e. The maximum Gasteiger partial charge on any atom is 0.129 e. The molecule has 1 nitrogen and oxygen atoms in total. The van der Waals surface area contributed by atoms with Crippen molar-refractivity contribution in [3.63, 3.8) is 0 Å². The van der Waals surface area contributed by atoms with Crippen LogP contribution < -0.4 is 5.32 Å². The van der Waals surface area contributed by atoms with Gasteiger partial charge in [-0.05, 0) is 42.8 Å². The summed E-state index contributed by atoms with van der Waals surface area (Å²) in [5.41, 5.74) is 1.03. The summed E-state index contributed by atoms with van der Waals surface area (Å²) in [4.78, 5) is 0. The van der Waals surface area contributed by atoms with Crippen LogP contribution in [0, 0.1) is 17.5 Å². The highest BCUT2D eigenvalue weighted by molar-refractivity contribution is 6.31. The van der Waals surface area contributed by atoms with Crippen molar-refractivity contribution in [1.82, 2.24) is 5.32 Å². The molecular weight excluding hydrogens is 287 g/mol. The number of likely N-dealkylation sites (N-methyl/N-ethyl adjacent to an activating group) is 1. The van der Waals surface area contributed by atoms with Crippen molar-refractivity contribution in [3.8, 4) is 0 Å². The van der Waals surface area contributed by atoms with E-state index in [1.165, 1.54) is 24.3 Å². The van der Waals surface area contributed by atoms with E-state index in [-0.39, 0.29) is 17.5 Å². The summed E-state index contributed by atoms with van der Waals surface area (Å²) in [7, 11) is 1.70. The average Bonchev–Trinajstić information content (AvgIpc) is 2.39. The van der Waals surface area contributed by atoms with Gasteiger partial charge in [0.15, 0.2) is 0 Å². The Morgan fingerprint density at radius 1 is 1.05 bits per heavy atom. The Kier molecular flexibility index (Phi) is 4.68. The molecule has 0 bridgehead atoms. The Balaban J connectivity index is 2.28. The van der Waals surface area contributed by atoms with Crippen LogP contribution in [0.2, 0.25) is 5.02 Å². The Morgan fingerprint density at radius 3 is 2.30 bits per heavy atom. The minimum atomic E-state index is -0.618. The Morgan fingerprint density at radius 2 is 1.70 bits per heavy atom. The smallest absolute Gasteiger partial charge is 0.129 e. The number of hydrogen-bond donors (Lipinski definition) is 1. The number of rotatable bonds is 4. The predicted octanol–water partition coefficient (Wildman–Crippen LogP) is 4.26. The highest BCUT2D eigenvalue weighted by atomic mass is 35.5. The zero-order valence-corrected chi connectivity index (χ0v) is 11.5. The van der Waals surface area contributed by atoms with Gasteiger partial charge in [-0.2, -0.15) is 0 Å². The summed E-state index contributed by atoms with van der Waals surface area (Å²) >= 11 is 6.00. The Hall–Kier alpha value is -1.52. The van der Waals surface area contributed by atoms with E-state index in [9.17, 15) is 13.2 Å². The highest BCUT2D eigenvalue weighted by Crippen LogP contribution is 2.27. The molecule has 2 aromatic carbocycles. The molecule has 0 aliphatic heterocycles. The third kappa shape index (κ3) is 3.32. The van der Waals surface area contributed by atoms with E-state index < -0.39 is 17.5 Å². The molecule has 0 heterocycles. The standard InChI is InChI=1S/C15H13ClF3N/c1-20-15(12-5-4-10(17)7-13(12)16)6-9-2-3-11(18)8-14(9)19/h2-5,7-8,15,20H,6H2,1H3. The summed E-state index contributed by atoms with van der Waals surface area (Å²) in [5.74, 6) is -1.66. The van der Waals surface area contributed by atoms with Gasteiger partial charge in [-0.25, -0.2) is 13.2 Å². The van der Waals surface area contributed by atoms with E-state index >= 15 is 0 Å². The number of nitrogens with one attached hydrogen (secondary N) is 1. The molecule has 5 heteroatoms. The van der Waals surface area contributed by atoms with Crippen LogP contribution in [0.3, 0.4) is 0 Å². The van der Waals surface area contributed by atoms with Crippen molar-refractivity contribution in [2.24, 2.45) is 0 Å². The van der Waals surface area contributed by atoms with Crippen molar-refractivity contribution < 1.29 is 13.2 Å². The molecule has 0 aliphatic rings. The van der Waals surface area contributed by atoms with Crippen LogP contribution in [0.15, 0.2) is 36.4 Å². The largest absolute Gasteiger partial charge is 0.313 e. The van der Waals surface area contributed by atoms with Crippen LogP contribution in [0.5, 0.6) is 0 Å². The second-order valence-electron chi connectivity index (χ2n) is 4.45. The van der Waals surface area contributed by atoms with Gasteiger partial charge in [0, 0.05) is 17.1 Å². The van der Waals surface area contributed by atoms with Crippen molar-refractivity contribution in [2.75, 3.05) is 7.05 Å². The van der Waals surface area contributed by atoms with Gasteiger partial charge < -0.3 is 5.32 Å². The lowest BCUT2D eigenvalue weighted by atomic mass is 9.98. The zero-order chi connectivity index (χ0) is 14.7. The van der Waals surface area contributed by atoms with Gasteiger partial charge >= 0.3 is 0 Å². The molecule has 1 N–H and O–H groups in total. The summed E-state index contributed by atoms with van der Waals surface area (Å²) in [5, 5.41) is 3.27. The summed E-state index contributed by atoms with van der Waals surface area (Å²) in [6, 6.07) is 7.22. The quantitative estimate of drug-likeness (QED) is 0.889. The van der Waals surface area contributed by atoms with Gasteiger partial charge in [-0.15, -0.1) is 0 Å². The molecule has 1 atom stereocenters. The molecule has 0 aliphatic carbocycles. The van der Waals surface area contributed by atoms with E-state index in [0.29, 0.717) is 11.1 Å². The first-order valence-corrected chi connectivity index (χ1v) is 6.45. The van der Waals surface area contributed by atoms with Gasteiger partial charge in [0.1, 0.15) is 17.5 Å². The fraction of sp³-hybridized carbons (Fsp3) is 0.200. The molecule has 2 rings (SSSR count). The summed E-state index contributed by atoms with van der Waals surface area (Å²) in [6.07, 6.45) is 0.286. The molecule has 106 valence electrons. The van der Waals surface area contributed by atoms with Gasteiger partial charge in [0.2, 0.25) is 0 Å². The maximum atomic E-state index is 13.7. The van der Waals surface area contributed by atoms with Gasteiger partial charge in [-0.3, -0.25) is 0 Å². The lowest BCUT2D eigenvalue weighted by Gasteiger charge is -2.18. The molecule has 0 saturated carbocycles. The molecule has 0 fully saturated rings. The second kappa shape index (κ2) is 6.29. The first-order chi connectivity index (χ1) is 9.51. The van der Waals surface area contributed by atoms with Crippen LogP contribution in [-0.2, 0) is 6.42 Å². The van der Waals surface area contributed by atoms with Crippen LogP contribution in [0.1, 0.15) is 17.2 Å². The molecule has 0 spiro atoms. The Labute approximate surface area is 120 Å². The molecule has 0 saturated heterocycles. The van der Waals surface area contributed by atoms with Gasteiger partial charge in [0.25, 0.3) is 0 Å². The second-order valence-corrected chi connectivity index (χ2v) is 4.85. The monoisotopic (exact) mass is 299 g/mol. The molecule has 1 unspecified atom stereocenters. The van der Waals surface area contributed by atoms with Crippen LogP contribution in [0.25, 0.3) is 0 Å². The van der Waals surface area contributed by atoms with Crippen LogP contribution in [0.4, 0.5) is 13.2 Å². The first-order valence-electron chi connectivity index (χ1n) is 6.07. The van der Waals surface area contributed by atoms with E-state index in [0.717, 1.165) is 6.07 Å². The Bertz CT molecular complexity index is 616. The molecule has 20 heavy (non-hydrogen) atoms. The number of halogens is 4. The molecule has 0 aromatic heterocycles. The number of benzene rings is 2. The third-order valence-electron chi connectivity index (χ3n) is 3.13. The zero-order valence-electron chi connectivity index (χ0n) is 10.8. The minimum absolute atomic E-state index is 0.270. The fourth-order valence-corrected chi connectivity index (χ4v) is 2.36. The van der Waals surface area contributed by atoms with Crippen molar-refractivity contribution in [3.05, 3.63) is 70.0 Å². The normalized spacial score (nSPS) is 12.4. The molecule has 2 aromatic rings. The van der Waals surface area contributed by atoms with Crippen LogP contribution in [-0.4, -0.2) is 7.05 Å². The van der Waals surface area contributed by atoms with Crippen molar-refractivity contribution in [2.45, 2.75) is 12.5 Å². The van der Waals surface area contributed by atoms with Crippen molar-refractivity contribution >= 4 is 11.6 Å². The predicted molar refractivity (Wildman–Crippen MR) is 73.3 cm³/mol. The van der Waals surface area contributed by atoms with Crippen LogP contribution >= 0.6 is 11.6 Å². The SMILES string of the molecule is CNC(Cc1ccc(F)cc1F)c1ccc(F)cc1Cl. The summed E-state index contributed by atoms with van der Waals surface area (Å²) < 4.78 is 39.6. The van der Waals surface area contributed by atoms with Gasteiger partial charge in [-0.1, -0.05) is 23.7 Å². The lowest BCUT2D eigenvalue weighted by Crippen LogP contribution is -2.20. The maximum absolute atomic E-state index is 13.7. The van der Waals surface area contributed by atoms with E-state index in [2.05, 4.69) is 5.32 Å². The third-order valence-corrected chi connectivity index (χ3v) is 3.45. The topological polar surface area (TPSA) is 12.0 Å². The molecular formula is C15H13ClF3N. The highest BCUT2D eigenvalue weighted by Gasteiger charge is 2.16. The van der Waals surface area contributed by atoms with E-state index in [1.54, 1.807) is 13.1 Å². The average molecular weight is 300 g/mol. The van der Waals surface area contributed by atoms with E-state index in [1.807, 2.05) is 0 Å². The lowest BCUT2D eigenvalue weighted by molar-refractivity contribution is 0.539. The number of hydrogen-bond acceptors (Lipinski definition) is 1. The first kappa shape index (κ1) is 14.9. The van der Waals surface area contributed by atoms with E-state index in [4.69, 9.17) is 11.6 Å². The molecule has 0 radical (unpaired) electrons. The fourth-order valence-electron chi connectivity index (χ4n) is 2.06. The molecule has 0 amide bonds.